The second kappa shape index (κ2) is 5.25. The van der Waals surface area contributed by atoms with Gasteiger partial charge in [0.1, 0.15) is 0 Å². The molecule has 0 aliphatic carbocycles. The Morgan fingerprint density at radius 1 is 1.06 bits per heavy atom. The molecule has 2 heterocycles. The molecule has 100 valence electrons. The van der Waals surface area contributed by atoms with Gasteiger partial charge in [0.15, 0.2) is 0 Å². The molecular weight excluding hydrogens is 212 g/mol. The van der Waals surface area contributed by atoms with Crippen molar-refractivity contribution in [1.82, 2.24) is 9.80 Å². The molecule has 2 unspecified atom stereocenters. The van der Waals surface area contributed by atoms with E-state index in [1.54, 1.807) is 0 Å². The number of aliphatic hydroxyl groups excluding tert-OH is 1. The minimum Gasteiger partial charge on any atom is -0.395 e. The zero-order valence-corrected chi connectivity index (χ0v) is 11.7. The maximum atomic E-state index is 9.03. The predicted molar refractivity (Wildman–Crippen MR) is 71.1 cm³/mol. The van der Waals surface area contributed by atoms with E-state index in [0.29, 0.717) is 12.0 Å². The average molecular weight is 240 g/mol. The molecule has 3 heteroatoms. The van der Waals surface area contributed by atoms with Crippen molar-refractivity contribution in [2.24, 2.45) is 5.41 Å². The van der Waals surface area contributed by atoms with Crippen molar-refractivity contribution in [3.63, 3.8) is 0 Å². The average Bonchev–Trinajstić information content (AvgIpc) is 2.45. The molecule has 2 aliphatic rings. The van der Waals surface area contributed by atoms with Crippen LogP contribution in [-0.4, -0.2) is 59.8 Å². The van der Waals surface area contributed by atoms with E-state index in [9.17, 15) is 0 Å². The van der Waals surface area contributed by atoms with Gasteiger partial charge in [-0.15, -0.1) is 0 Å². The Kier molecular flexibility index (Phi) is 4.11. The smallest absolute Gasteiger partial charge is 0.0558 e. The molecule has 17 heavy (non-hydrogen) atoms. The molecule has 0 aromatic rings. The molecule has 0 radical (unpaired) electrons. The first kappa shape index (κ1) is 13.3. The van der Waals surface area contributed by atoms with Crippen LogP contribution in [0.2, 0.25) is 0 Å². The highest BCUT2D eigenvalue weighted by Crippen LogP contribution is 2.31. The van der Waals surface area contributed by atoms with Crippen molar-refractivity contribution in [1.29, 1.82) is 0 Å². The van der Waals surface area contributed by atoms with Crippen molar-refractivity contribution < 1.29 is 5.11 Å². The van der Waals surface area contributed by atoms with E-state index in [-0.39, 0.29) is 0 Å². The normalized spacial score (nSPS) is 31.1. The van der Waals surface area contributed by atoms with E-state index in [2.05, 4.69) is 30.6 Å². The van der Waals surface area contributed by atoms with E-state index in [1.165, 1.54) is 38.9 Å². The summed E-state index contributed by atoms with van der Waals surface area (Å²) in [5.74, 6) is 0. The number of rotatable bonds is 4. The molecule has 2 aliphatic heterocycles. The Bertz CT molecular complexity index is 235. The third-order valence-electron chi connectivity index (χ3n) is 4.25. The number of likely N-dealkylation sites (tertiary alicyclic amines) is 1. The molecule has 2 fully saturated rings. The molecule has 0 saturated carbocycles. The highest BCUT2D eigenvalue weighted by atomic mass is 16.3. The second-order valence-electron chi connectivity index (χ2n) is 6.92. The number of fused-ring (bicyclic) bond motifs is 2. The third-order valence-corrected chi connectivity index (χ3v) is 4.25. The van der Waals surface area contributed by atoms with E-state index < -0.39 is 0 Å². The zero-order valence-electron chi connectivity index (χ0n) is 11.7. The van der Waals surface area contributed by atoms with Crippen molar-refractivity contribution in [3.05, 3.63) is 0 Å². The summed E-state index contributed by atoms with van der Waals surface area (Å²) in [5, 5.41) is 9.03. The van der Waals surface area contributed by atoms with Crippen LogP contribution in [0.15, 0.2) is 0 Å². The Labute approximate surface area is 106 Å². The number of nitrogens with zero attached hydrogens (tertiary/aromatic N) is 2. The van der Waals surface area contributed by atoms with Crippen molar-refractivity contribution in [3.8, 4) is 0 Å². The SMILES string of the molecule is CC(C)(C)CCN1C2CCC1CN(CCO)C2. The summed E-state index contributed by atoms with van der Waals surface area (Å²) >= 11 is 0. The quantitative estimate of drug-likeness (QED) is 0.808. The molecule has 1 N–H and O–H groups in total. The number of hydrogen-bond acceptors (Lipinski definition) is 3. The summed E-state index contributed by atoms with van der Waals surface area (Å²) in [4.78, 5) is 5.18. The summed E-state index contributed by atoms with van der Waals surface area (Å²) < 4.78 is 0. The van der Waals surface area contributed by atoms with Crippen LogP contribution in [0, 0.1) is 5.41 Å². The monoisotopic (exact) mass is 240 g/mol. The van der Waals surface area contributed by atoms with Crippen LogP contribution < -0.4 is 0 Å². The fourth-order valence-electron chi connectivity index (χ4n) is 3.23. The lowest BCUT2D eigenvalue weighted by Gasteiger charge is -2.41. The summed E-state index contributed by atoms with van der Waals surface area (Å²) in [6.07, 6.45) is 4.01. The van der Waals surface area contributed by atoms with Gasteiger partial charge in [0.25, 0.3) is 0 Å². The largest absolute Gasteiger partial charge is 0.395 e. The second-order valence-corrected chi connectivity index (χ2v) is 6.92. The van der Waals surface area contributed by atoms with Crippen LogP contribution in [0.5, 0.6) is 0 Å². The lowest BCUT2D eigenvalue weighted by molar-refractivity contribution is 0.0496. The number of aliphatic hydroxyl groups is 1. The minimum atomic E-state index is 0.307. The molecule has 2 atom stereocenters. The number of hydrogen-bond donors (Lipinski definition) is 1. The van der Waals surface area contributed by atoms with Crippen LogP contribution >= 0.6 is 0 Å². The predicted octanol–water partition coefficient (Wildman–Crippen LogP) is 1.56. The van der Waals surface area contributed by atoms with E-state index in [4.69, 9.17) is 5.11 Å². The van der Waals surface area contributed by atoms with Gasteiger partial charge in [0, 0.05) is 31.7 Å². The number of β-amino-alcohol motifs (C(OH)–C–C–N with tert-alkyl or cyclic N) is 1. The van der Waals surface area contributed by atoms with Crippen LogP contribution in [0.1, 0.15) is 40.0 Å². The van der Waals surface area contributed by atoms with Gasteiger partial charge in [0.2, 0.25) is 0 Å². The Balaban J connectivity index is 1.86. The molecule has 0 aromatic heterocycles. The molecule has 2 bridgehead atoms. The first-order valence-corrected chi connectivity index (χ1v) is 7.08. The Morgan fingerprint density at radius 3 is 2.12 bits per heavy atom. The van der Waals surface area contributed by atoms with Gasteiger partial charge in [-0.25, -0.2) is 0 Å². The molecular formula is C14H28N2O. The zero-order chi connectivity index (χ0) is 12.5. The van der Waals surface area contributed by atoms with Gasteiger partial charge in [-0.1, -0.05) is 20.8 Å². The summed E-state index contributed by atoms with van der Waals surface area (Å²) in [6.45, 7) is 11.8. The highest BCUT2D eigenvalue weighted by Gasteiger charge is 2.39. The summed E-state index contributed by atoms with van der Waals surface area (Å²) in [5.41, 5.74) is 0.446. The highest BCUT2D eigenvalue weighted by molar-refractivity contribution is 4.95. The lowest BCUT2D eigenvalue weighted by atomic mass is 9.91. The molecule has 0 aromatic carbocycles. The van der Waals surface area contributed by atoms with E-state index in [1.807, 2.05) is 0 Å². The molecule has 2 saturated heterocycles. The Hall–Kier alpha value is -0.120. The van der Waals surface area contributed by atoms with Gasteiger partial charge in [-0.3, -0.25) is 9.80 Å². The van der Waals surface area contributed by atoms with Gasteiger partial charge < -0.3 is 5.11 Å². The molecule has 0 amide bonds. The fourth-order valence-corrected chi connectivity index (χ4v) is 3.23. The van der Waals surface area contributed by atoms with Crippen LogP contribution in [0.3, 0.4) is 0 Å². The van der Waals surface area contributed by atoms with Crippen molar-refractivity contribution in [2.75, 3.05) is 32.8 Å². The van der Waals surface area contributed by atoms with Gasteiger partial charge in [-0.05, 0) is 31.2 Å². The van der Waals surface area contributed by atoms with Crippen LogP contribution in [0.25, 0.3) is 0 Å². The topological polar surface area (TPSA) is 26.7 Å². The molecule has 3 nitrogen and oxygen atoms in total. The molecule has 0 spiro atoms. The minimum absolute atomic E-state index is 0.307. The standard InChI is InChI=1S/C14H28N2O/c1-14(2,3)6-7-16-12-4-5-13(16)11-15(10-12)8-9-17/h12-13,17H,4-11H2,1-3H3. The van der Waals surface area contributed by atoms with Crippen molar-refractivity contribution in [2.45, 2.75) is 52.1 Å². The molecule has 2 rings (SSSR count). The first-order chi connectivity index (χ1) is 7.99. The van der Waals surface area contributed by atoms with Crippen LogP contribution in [-0.2, 0) is 0 Å². The van der Waals surface area contributed by atoms with Gasteiger partial charge in [-0.2, -0.15) is 0 Å². The Morgan fingerprint density at radius 2 is 1.65 bits per heavy atom. The van der Waals surface area contributed by atoms with E-state index >= 15 is 0 Å². The maximum Gasteiger partial charge on any atom is 0.0558 e. The maximum absolute atomic E-state index is 9.03. The lowest BCUT2D eigenvalue weighted by Crippen LogP contribution is -2.54. The fraction of sp³-hybridized carbons (Fsp3) is 1.00. The van der Waals surface area contributed by atoms with Crippen molar-refractivity contribution >= 4 is 0 Å². The van der Waals surface area contributed by atoms with Gasteiger partial charge >= 0.3 is 0 Å². The van der Waals surface area contributed by atoms with Gasteiger partial charge in [0.05, 0.1) is 6.61 Å². The third kappa shape index (κ3) is 3.43. The number of piperazine rings is 1. The summed E-state index contributed by atoms with van der Waals surface area (Å²) in [6, 6.07) is 1.50. The first-order valence-electron chi connectivity index (χ1n) is 7.08. The van der Waals surface area contributed by atoms with Crippen LogP contribution in [0.4, 0.5) is 0 Å². The summed E-state index contributed by atoms with van der Waals surface area (Å²) in [7, 11) is 0. The van der Waals surface area contributed by atoms with E-state index in [0.717, 1.165) is 18.6 Å².